The van der Waals surface area contributed by atoms with E-state index in [-0.39, 0.29) is 23.7 Å². The normalized spacial score (nSPS) is 10.5. The molecule has 0 unspecified atom stereocenters. The molecular weight excluding hydrogens is 323 g/mol. The molecule has 1 aromatic carbocycles. The summed E-state index contributed by atoms with van der Waals surface area (Å²) in [5, 5.41) is 2.62. The molecule has 0 saturated heterocycles. The molecule has 3 rings (SSSR count). The van der Waals surface area contributed by atoms with Crippen LogP contribution in [0, 0.1) is 5.82 Å². The quantitative estimate of drug-likeness (QED) is 0.791. The van der Waals surface area contributed by atoms with Gasteiger partial charge >= 0.3 is 0 Å². The van der Waals surface area contributed by atoms with Crippen LogP contribution < -0.4 is 10.9 Å². The number of rotatable bonds is 4. The van der Waals surface area contributed by atoms with Gasteiger partial charge in [0.15, 0.2) is 5.82 Å². The SMILES string of the molecule is Cn1cc(-c2cnc(NC(=O)Cc3cccc(F)c3)cn2)ccc1=O. The van der Waals surface area contributed by atoms with Crippen LogP contribution in [0.2, 0.25) is 0 Å². The standard InChI is InChI=1S/C18H15FN4O2/c1-23-11-13(5-6-18(23)25)15-9-21-16(10-20-15)22-17(24)8-12-3-2-4-14(19)7-12/h2-7,9-11H,8H2,1H3,(H,21,22,24). The number of amides is 1. The first-order valence-corrected chi connectivity index (χ1v) is 7.55. The van der Waals surface area contributed by atoms with Crippen molar-refractivity contribution in [3.63, 3.8) is 0 Å². The van der Waals surface area contributed by atoms with E-state index >= 15 is 0 Å². The molecule has 126 valence electrons. The van der Waals surface area contributed by atoms with Crippen LogP contribution in [0.5, 0.6) is 0 Å². The Morgan fingerprint density at radius 2 is 2.04 bits per heavy atom. The van der Waals surface area contributed by atoms with Gasteiger partial charge in [-0.25, -0.2) is 9.37 Å². The van der Waals surface area contributed by atoms with Crippen molar-refractivity contribution >= 4 is 11.7 Å². The number of aryl methyl sites for hydroxylation is 1. The van der Waals surface area contributed by atoms with Crippen molar-refractivity contribution in [3.8, 4) is 11.3 Å². The van der Waals surface area contributed by atoms with Gasteiger partial charge in [0.25, 0.3) is 0 Å². The van der Waals surface area contributed by atoms with Crippen LogP contribution in [-0.4, -0.2) is 20.4 Å². The smallest absolute Gasteiger partial charge is 0.250 e. The van der Waals surface area contributed by atoms with E-state index in [9.17, 15) is 14.0 Å². The fourth-order valence-corrected chi connectivity index (χ4v) is 2.31. The lowest BCUT2D eigenvalue weighted by Gasteiger charge is -2.06. The highest BCUT2D eigenvalue weighted by molar-refractivity contribution is 5.91. The Labute approximate surface area is 143 Å². The molecule has 0 radical (unpaired) electrons. The molecule has 2 heterocycles. The molecule has 1 amide bonds. The van der Waals surface area contributed by atoms with Crippen molar-refractivity contribution in [3.05, 3.63) is 76.7 Å². The van der Waals surface area contributed by atoms with Crippen molar-refractivity contribution < 1.29 is 9.18 Å². The third kappa shape index (κ3) is 4.14. The maximum absolute atomic E-state index is 13.1. The predicted molar refractivity (Wildman–Crippen MR) is 91.4 cm³/mol. The Balaban J connectivity index is 1.68. The van der Waals surface area contributed by atoms with Gasteiger partial charge in [0, 0.05) is 24.9 Å². The van der Waals surface area contributed by atoms with E-state index in [2.05, 4.69) is 15.3 Å². The number of nitrogens with zero attached hydrogens (tertiary/aromatic N) is 3. The van der Waals surface area contributed by atoms with Crippen LogP contribution >= 0.6 is 0 Å². The summed E-state index contributed by atoms with van der Waals surface area (Å²) in [5.74, 6) is -0.392. The highest BCUT2D eigenvalue weighted by atomic mass is 19.1. The molecule has 0 aliphatic carbocycles. The summed E-state index contributed by atoms with van der Waals surface area (Å²) < 4.78 is 14.6. The van der Waals surface area contributed by atoms with Crippen molar-refractivity contribution in [1.29, 1.82) is 0 Å². The van der Waals surface area contributed by atoms with Gasteiger partial charge in [0.1, 0.15) is 5.82 Å². The second-order valence-electron chi connectivity index (χ2n) is 5.51. The van der Waals surface area contributed by atoms with Crippen LogP contribution in [0.15, 0.2) is 59.8 Å². The number of halogens is 1. The number of aromatic nitrogens is 3. The molecule has 0 fully saturated rings. The largest absolute Gasteiger partial charge is 0.318 e. The molecule has 0 atom stereocenters. The number of hydrogen-bond acceptors (Lipinski definition) is 4. The first kappa shape index (κ1) is 16.5. The van der Waals surface area contributed by atoms with Gasteiger partial charge < -0.3 is 9.88 Å². The van der Waals surface area contributed by atoms with E-state index in [0.29, 0.717) is 17.1 Å². The number of benzene rings is 1. The molecule has 2 aromatic heterocycles. The maximum atomic E-state index is 13.1. The monoisotopic (exact) mass is 338 g/mol. The van der Waals surface area contributed by atoms with Crippen molar-refractivity contribution in [2.45, 2.75) is 6.42 Å². The minimum absolute atomic E-state index is 0.0436. The summed E-state index contributed by atoms with van der Waals surface area (Å²) in [7, 11) is 1.65. The van der Waals surface area contributed by atoms with E-state index < -0.39 is 0 Å². The van der Waals surface area contributed by atoms with E-state index in [1.54, 1.807) is 31.4 Å². The molecular formula is C18H15FN4O2. The zero-order valence-electron chi connectivity index (χ0n) is 13.4. The summed E-state index contributed by atoms with van der Waals surface area (Å²) in [5.41, 5.74) is 1.79. The summed E-state index contributed by atoms with van der Waals surface area (Å²) in [6.45, 7) is 0. The molecule has 0 aliphatic heterocycles. The van der Waals surface area contributed by atoms with Crippen molar-refractivity contribution in [2.24, 2.45) is 7.05 Å². The number of carbonyl (C=O) groups excluding carboxylic acids is 1. The minimum atomic E-state index is -0.383. The second-order valence-corrected chi connectivity index (χ2v) is 5.51. The highest BCUT2D eigenvalue weighted by Gasteiger charge is 2.07. The van der Waals surface area contributed by atoms with Gasteiger partial charge in [0.05, 0.1) is 24.5 Å². The summed E-state index contributed by atoms with van der Waals surface area (Å²) in [4.78, 5) is 31.8. The maximum Gasteiger partial charge on any atom is 0.250 e. The lowest BCUT2D eigenvalue weighted by Crippen LogP contribution is -2.16. The first-order chi connectivity index (χ1) is 12.0. The molecule has 1 N–H and O–H groups in total. The Morgan fingerprint density at radius 3 is 2.72 bits per heavy atom. The van der Waals surface area contributed by atoms with Crippen molar-refractivity contribution in [2.75, 3.05) is 5.32 Å². The predicted octanol–water partition coefficient (Wildman–Crippen LogP) is 2.16. The Bertz CT molecular complexity index is 967. The fraction of sp³-hybridized carbons (Fsp3) is 0.111. The molecule has 0 spiro atoms. The Hall–Kier alpha value is -3.35. The molecule has 0 saturated carbocycles. The van der Waals surface area contributed by atoms with Gasteiger partial charge in [-0.2, -0.15) is 0 Å². The van der Waals surface area contributed by atoms with E-state index in [0.717, 1.165) is 5.56 Å². The number of hydrogen-bond donors (Lipinski definition) is 1. The zero-order valence-corrected chi connectivity index (χ0v) is 13.4. The van der Waals surface area contributed by atoms with Crippen molar-refractivity contribution in [1.82, 2.24) is 14.5 Å². The van der Waals surface area contributed by atoms with Gasteiger partial charge in [-0.15, -0.1) is 0 Å². The summed E-state index contributed by atoms with van der Waals surface area (Å²) in [6.07, 6.45) is 4.65. The fourth-order valence-electron chi connectivity index (χ4n) is 2.31. The first-order valence-electron chi connectivity index (χ1n) is 7.55. The van der Waals surface area contributed by atoms with Crippen LogP contribution in [-0.2, 0) is 18.3 Å². The van der Waals surface area contributed by atoms with Gasteiger partial charge in [-0.3, -0.25) is 14.6 Å². The van der Waals surface area contributed by atoms with E-state index in [1.165, 1.54) is 35.2 Å². The van der Waals surface area contributed by atoms with Crippen LogP contribution in [0.3, 0.4) is 0 Å². The number of anilines is 1. The number of nitrogens with one attached hydrogen (secondary N) is 1. The lowest BCUT2D eigenvalue weighted by atomic mass is 10.1. The molecule has 0 aliphatic rings. The summed E-state index contributed by atoms with van der Waals surface area (Å²) in [6, 6.07) is 8.98. The van der Waals surface area contributed by atoms with Crippen LogP contribution in [0.25, 0.3) is 11.3 Å². The average molecular weight is 338 g/mol. The molecule has 0 bridgehead atoms. The van der Waals surface area contributed by atoms with Crippen LogP contribution in [0.4, 0.5) is 10.2 Å². The van der Waals surface area contributed by atoms with Crippen LogP contribution in [0.1, 0.15) is 5.56 Å². The Kier molecular flexibility index (Phi) is 4.65. The zero-order chi connectivity index (χ0) is 17.8. The Morgan fingerprint density at radius 1 is 1.20 bits per heavy atom. The number of pyridine rings is 1. The minimum Gasteiger partial charge on any atom is -0.318 e. The van der Waals surface area contributed by atoms with E-state index in [4.69, 9.17) is 0 Å². The topological polar surface area (TPSA) is 76.9 Å². The third-order valence-electron chi connectivity index (χ3n) is 3.55. The molecule has 3 aromatic rings. The highest BCUT2D eigenvalue weighted by Crippen LogP contribution is 2.15. The summed E-state index contributed by atoms with van der Waals surface area (Å²) >= 11 is 0. The average Bonchev–Trinajstić information content (AvgIpc) is 2.58. The van der Waals surface area contributed by atoms with Gasteiger partial charge in [0.2, 0.25) is 11.5 Å². The third-order valence-corrected chi connectivity index (χ3v) is 3.55. The second kappa shape index (κ2) is 7.04. The molecule has 6 nitrogen and oxygen atoms in total. The molecule has 7 heteroatoms. The molecule has 25 heavy (non-hydrogen) atoms. The van der Waals surface area contributed by atoms with Gasteiger partial charge in [-0.05, 0) is 23.8 Å². The number of carbonyl (C=O) groups is 1. The van der Waals surface area contributed by atoms with E-state index in [1.807, 2.05) is 0 Å². The van der Waals surface area contributed by atoms with Gasteiger partial charge in [-0.1, -0.05) is 12.1 Å². The lowest BCUT2D eigenvalue weighted by molar-refractivity contribution is -0.115.